The normalized spacial score (nSPS) is 26.4. The second-order valence-corrected chi connectivity index (χ2v) is 12.4. The van der Waals surface area contributed by atoms with Crippen molar-refractivity contribution in [1.29, 1.82) is 0 Å². The van der Waals surface area contributed by atoms with E-state index >= 15 is 0 Å². The Bertz CT molecular complexity index is 823. The van der Waals surface area contributed by atoms with Gasteiger partial charge in [0.2, 0.25) is 0 Å². The Balaban J connectivity index is 1.52. The molecule has 1 aromatic rings. The van der Waals surface area contributed by atoms with Crippen LogP contribution in [0.3, 0.4) is 0 Å². The number of allylic oxidation sites excluding steroid dienone is 1. The van der Waals surface area contributed by atoms with E-state index in [-0.39, 0.29) is 11.7 Å². The zero-order valence-corrected chi connectivity index (χ0v) is 22.7. The quantitative estimate of drug-likeness (QED) is 0.311. The maximum Gasteiger partial charge on any atom is 0.416 e. The first-order valence-electron chi connectivity index (χ1n) is 15.1. The molecule has 0 saturated heterocycles. The Hall–Kier alpha value is -1.49. The van der Waals surface area contributed by atoms with Crippen molar-refractivity contribution in [3.63, 3.8) is 0 Å². The van der Waals surface area contributed by atoms with Gasteiger partial charge in [-0.3, -0.25) is 4.90 Å². The largest absolute Gasteiger partial charge is 0.513 e. The maximum absolute atomic E-state index is 13.3. The zero-order valence-electron chi connectivity index (χ0n) is 22.7. The van der Waals surface area contributed by atoms with Gasteiger partial charge >= 0.3 is 6.18 Å². The van der Waals surface area contributed by atoms with E-state index in [1.165, 1.54) is 89.2 Å². The number of hydrogen-bond donors (Lipinski definition) is 1. The number of benzene rings is 1. The van der Waals surface area contributed by atoms with E-state index in [2.05, 4.69) is 11.5 Å². The van der Waals surface area contributed by atoms with E-state index in [0.717, 1.165) is 49.8 Å². The molecular formula is C32H48F3NO. The fourth-order valence-electron chi connectivity index (χ4n) is 7.63. The SMILES string of the molecule is C=C(O)C[C@@H]1CC[C@@H](N(CCCC2CCCCC2)CC2CCCCC2)[C@H](c2ccc(C(F)(F)F)cc2)C1. The van der Waals surface area contributed by atoms with Gasteiger partial charge in [-0.2, -0.15) is 13.2 Å². The van der Waals surface area contributed by atoms with Gasteiger partial charge < -0.3 is 5.11 Å². The lowest BCUT2D eigenvalue weighted by Crippen LogP contribution is -2.46. The van der Waals surface area contributed by atoms with Crippen LogP contribution >= 0.6 is 0 Å². The lowest BCUT2D eigenvalue weighted by molar-refractivity contribution is -0.137. The van der Waals surface area contributed by atoms with Crippen LogP contribution in [-0.2, 0) is 6.18 Å². The van der Waals surface area contributed by atoms with Crippen LogP contribution in [0.5, 0.6) is 0 Å². The monoisotopic (exact) mass is 519 g/mol. The minimum atomic E-state index is -4.31. The van der Waals surface area contributed by atoms with Gasteiger partial charge in [0.25, 0.3) is 0 Å². The van der Waals surface area contributed by atoms with Crippen LogP contribution < -0.4 is 0 Å². The Labute approximate surface area is 222 Å². The summed E-state index contributed by atoms with van der Waals surface area (Å²) in [4.78, 5) is 2.76. The molecule has 0 spiro atoms. The molecule has 0 heterocycles. The molecule has 3 aliphatic rings. The highest BCUT2D eigenvalue weighted by Gasteiger charge is 2.37. The topological polar surface area (TPSA) is 23.5 Å². The van der Waals surface area contributed by atoms with Crippen LogP contribution in [0.4, 0.5) is 13.2 Å². The van der Waals surface area contributed by atoms with E-state index in [9.17, 15) is 18.3 Å². The predicted octanol–water partition coefficient (Wildman–Crippen LogP) is 9.66. The number of aliphatic hydroxyl groups excluding tert-OH is 1. The third kappa shape index (κ3) is 8.50. The number of nitrogens with zero attached hydrogens (tertiary/aromatic N) is 1. The molecule has 0 aliphatic heterocycles. The van der Waals surface area contributed by atoms with Crippen LogP contribution in [0, 0.1) is 17.8 Å². The van der Waals surface area contributed by atoms with Gasteiger partial charge in [0, 0.05) is 19.0 Å². The summed E-state index contributed by atoms with van der Waals surface area (Å²) in [5, 5.41) is 9.89. The highest BCUT2D eigenvalue weighted by Crippen LogP contribution is 2.43. The van der Waals surface area contributed by atoms with Crippen molar-refractivity contribution in [2.75, 3.05) is 13.1 Å². The summed E-state index contributed by atoms with van der Waals surface area (Å²) in [5.41, 5.74) is 0.447. The highest BCUT2D eigenvalue weighted by atomic mass is 19.4. The molecule has 0 amide bonds. The second-order valence-electron chi connectivity index (χ2n) is 12.4. The molecule has 0 bridgehead atoms. The number of halogens is 3. The van der Waals surface area contributed by atoms with Crippen LogP contribution in [0.15, 0.2) is 36.6 Å². The number of hydrogen-bond acceptors (Lipinski definition) is 2. The standard InChI is InChI=1S/C32H48F3NO/c1-24(37)21-27-14-19-31(30(22-27)28-15-17-29(18-16-28)32(33,34)35)36(23-26-11-6-3-7-12-26)20-8-13-25-9-4-2-5-10-25/h15-18,25-27,30-31,37H,1-14,19-23H2/t27-,30-,31+/m0/s1. The molecule has 3 aliphatic carbocycles. The van der Waals surface area contributed by atoms with E-state index in [0.29, 0.717) is 18.4 Å². The summed E-state index contributed by atoms with van der Waals surface area (Å²) < 4.78 is 39.8. The van der Waals surface area contributed by atoms with E-state index < -0.39 is 11.7 Å². The number of aliphatic hydroxyl groups is 1. The number of alkyl halides is 3. The van der Waals surface area contributed by atoms with Crippen molar-refractivity contribution in [3.8, 4) is 0 Å². The third-order valence-electron chi connectivity index (χ3n) is 9.58. The van der Waals surface area contributed by atoms with E-state index in [1.54, 1.807) is 12.1 Å². The van der Waals surface area contributed by atoms with Gasteiger partial charge in [0.15, 0.2) is 0 Å². The molecule has 3 saturated carbocycles. The fourth-order valence-corrected chi connectivity index (χ4v) is 7.63. The van der Waals surface area contributed by atoms with Crippen molar-refractivity contribution in [3.05, 3.63) is 47.7 Å². The van der Waals surface area contributed by atoms with Gasteiger partial charge in [-0.25, -0.2) is 0 Å². The molecule has 0 aromatic heterocycles. The Morgan fingerprint density at radius 1 is 0.838 bits per heavy atom. The summed E-state index contributed by atoms with van der Waals surface area (Å²) in [6, 6.07) is 6.31. The first-order valence-corrected chi connectivity index (χ1v) is 15.1. The summed E-state index contributed by atoms with van der Waals surface area (Å²) in [6.45, 7) is 5.95. The van der Waals surface area contributed by atoms with E-state index in [1.807, 2.05) is 0 Å². The smallest absolute Gasteiger partial charge is 0.416 e. The third-order valence-corrected chi connectivity index (χ3v) is 9.58. The summed E-state index contributed by atoms with van der Waals surface area (Å²) in [7, 11) is 0. The minimum absolute atomic E-state index is 0.193. The second kappa shape index (κ2) is 13.5. The maximum atomic E-state index is 13.3. The van der Waals surface area contributed by atoms with Crippen LogP contribution in [0.1, 0.15) is 120 Å². The van der Waals surface area contributed by atoms with Crippen molar-refractivity contribution < 1.29 is 18.3 Å². The molecule has 2 nitrogen and oxygen atoms in total. The van der Waals surface area contributed by atoms with Crippen molar-refractivity contribution >= 4 is 0 Å². The van der Waals surface area contributed by atoms with Gasteiger partial charge in [0.1, 0.15) is 0 Å². The van der Waals surface area contributed by atoms with Gasteiger partial charge in [0.05, 0.1) is 11.3 Å². The summed E-state index contributed by atoms with van der Waals surface area (Å²) in [6.07, 6.45) is 15.4. The average molecular weight is 520 g/mol. The molecule has 3 atom stereocenters. The zero-order chi connectivity index (χ0) is 26.3. The lowest BCUT2D eigenvalue weighted by atomic mass is 9.72. The first kappa shape index (κ1) is 28.5. The van der Waals surface area contributed by atoms with Crippen molar-refractivity contribution in [2.45, 2.75) is 121 Å². The molecule has 37 heavy (non-hydrogen) atoms. The Morgan fingerprint density at radius 2 is 1.46 bits per heavy atom. The Morgan fingerprint density at radius 3 is 2.05 bits per heavy atom. The predicted molar refractivity (Wildman–Crippen MR) is 146 cm³/mol. The molecule has 3 fully saturated rings. The highest BCUT2D eigenvalue weighted by molar-refractivity contribution is 5.29. The fraction of sp³-hybridized carbons (Fsp3) is 0.750. The van der Waals surface area contributed by atoms with Crippen LogP contribution in [0.25, 0.3) is 0 Å². The lowest BCUT2D eigenvalue weighted by Gasteiger charge is -2.45. The molecule has 5 heteroatoms. The van der Waals surface area contributed by atoms with E-state index in [4.69, 9.17) is 0 Å². The molecule has 1 N–H and O–H groups in total. The van der Waals surface area contributed by atoms with Gasteiger partial charge in [-0.1, -0.05) is 70.1 Å². The molecular weight excluding hydrogens is 471 g/mol. The van der Waals surface area contributed by atoms with Gasteiger partial charge in [-0.15, -0.1) is 0 Å². The molecule has 4 rings (SSSR count). The molecule has 0 radical (unpaired) electrons. The number of rotatable bonds is 10. The summed E-state index contributed by atoms with van der Waals surface area (Å²) in [5.74, 6) is 2.37. The first-order chi connectivity index (χ1) is 17.8. The minimum Gasteiger partial charge on any atom is -0.513 e. The average Bonchev–Trinajstić information content (AvgIpc) is 2.89. The molecule has 0 unspecified atom stereocenters. The van der Waals surface area contributed by atoms with Crippen molar-refractivity contribution in [1.82, 2.24) is 4.90 Å². The Kier molecular flexibility index (Phi) is 10.4. The van der Waals surface area contributed by atoms with Crippen LogP contribution in [-0.4, -0.2) is 29.1 Å². The van der Waals surface area contributed by atoms with Gasteiger partial charge in [-0.05, 0) is 92.9 Å². The van der Waals surface area contributed by atoms with Crippen LogP contribution in [0.2, 0.25) is 0 Å². The molecule has 208 valence electrons. The summed E-state index contributed by atoms with van der Waals surface area (Å²) >= 11 is 0. The molecule has 1 aromatic carbocycles. The van der Waals surface area contributed by atoms with Crippen molar-refractivity contribution in [2.24, 2.45) is 17.8 Å².